The van der Waals surface area contributed by atoms with Gasteiger partial charge in [0.15, 0.2) is 11.4 Å². The number of allylic oxidation sites excluding steroid dienone is 2. The first kappa shape index (κ1) is 51.5. The molecule has 0 heterocycles. The predicted molar refractivity (Wildman–Crippen MR) is 258 cm³/mol. The quantitative estimate of drug-likeness (QED) is 0.0456. The minimum atomic E-state index is -5.34. The number of nitrogens with zero attached hydrogens (tertiary/aromatic N) is 2. The van der Waals surface area contributed by atoms with Crippen LogP contribution in [-0.2, 0) is 40.5 Å². The van der Waals surface area contributed by atoms with Crippen LogP contribution in [0.1, 0.15) is 52.6 Å². The van der Waals surface area contributed by atoms with Gasteiger partial charge in [0.05, 0.1) is 69.9 Å². The highest BCUT2D eigenvalue weighted by Crippen LogP contribution is 2.37. The average molecular weight is 1110 g/mol. The van der Waals surface area contributed by atoms with Crippen molar-refractivity contribution in [1.82, 2.24) is 0 Å². The summed E-state index contributed by atoms with van der Waals surface area (Å²) in [6.45, 7) is 0. The number of anilines is 4. The minimum absolute atomic E-state index is 0.0253. The van der Waals surface area contributed by atoms with Gasteiger partial charge < -0.3 is 10.6 Å². The summed E-state index contributed by atoms with van der Waals surface area (Å²) in [5.41, 5.74) is -0.937. The van der Waals surface area contributed by atoms with Crippen molar-refractivity contribution in [2.45, 2.75) is 9.79 Å². The largest absolute Gasteiger partial charge is 0.321 e. The van der Waals surface area contributed by atoms with Gasteiger partial charge in [0.2, 0.25) is 11.6 Å². The van der Waals surface area contributed by atoms with Crippen molar-refractivity contribution in [2.75, 3.05) is 21.5 Å². The molecule has 2 aliphatic carbocycles. The summed E-state index contributed by atoms with van der Waals surface area (Å²) in [7, 11) is -20.8. The molecule has 0 radical (unpaired) electrons. The highest BCUT2D eigenvalue weighted by atomic mass is 35.5. The zero-order chi connectivity index (χ0) is 51.4. The molecule has 0 unspecified atom stereocenters. The number of carbonyl (C=O) groups excluding carboxylic acids is 4. The summed E-state index contributed by atoms with van der Waals surface area (Å²) >= 11 is 24.2. The molecule has 8 N–H and O–H groups in total. The molecule has 0 bridgehead atoms. The van der Waals surface area contributed by atoms with Crippen molar-refractivity contribution in [3.05, 3.63) is 148 Å². The molecule has 362 valence electrons. The van der Waals surface area contributed by atoms with E-state index in [2.05, 4.69) is 31.7 Å². The Morgan fingerprint density at radius 3 is 1.33 bits per heavy atom. The lowest BCUT2D eigenvalue weighted by Crippen LogP contribution is -2.29. The molecule has 0 aliphatic heterocycles. The second-order valence-corrected chi connectivity index (χ2v) is 21.6. The number of amides is 2. The Morgan fingerprint density at radius 2 is 0.929 bits per heavy atom. The van der Waals surface area contributed by atoms with Gasteiger partial charge in [-0.1, -0.05) is 52.5 Å². The van der Waals surface area contributed by atoms with Crippen LogP contribution in [0.2, 0.25) is 20.1 Å². The lowest BCUT2D eigenvalue weighted by Gasteiger charge is -2.21. The maximum absolute atomic E-state index is 14.0. The first-order valence-corrected chi connectivity index (χ1v) is 25.9. The molecule has 70 heavy (non-hydrogen) atoms. The number of hydrogen-bond acceptors (Lipinski definition) is 16. The number of ketones is 2. The third-order valence-corrected chi connectivity index (χ3v) is 14.5. The number of Topliss-reactive ketones (excluding diaryl/α,β-unsaturated/α-hetero) is 2. The Kier molecular flexibility index (Phi) is 14.0. The predicted octanol–water partition coefficient (Wildman–Crippen LogP) is 7.08. The van der Waals surface area contributed by atoms with E-state index in [1.165, 1.54) is 60.7 Å². The van der Waals surface area contributed by atoms with E-state index in [1.807, 2.05) is 0 Å². The van der Waals surface area contributed by atoms with Gasteiger partial charge >= 0.3 is 0 Å². The molecule has 0 fully saturated rings. The molecule has 0 saturated carbocycles. The molecule has 30 heteroatoms. The third-order valence-electron chi connectivity index (χ3n) is 9.71. The summed E-state index contributed by atoms with van der Waals surface area (Å²) in [6.07, 6.45) is 1.30. The topological polar surface area (TPSA) is 359 Å². The number of hydrazone groups is 2. The van der Waals surface area contributed by atoms with Crippen molar-refractivity contribution >= 4 is 157 Å². The van der Waals surface area contributed by atoms with E-state index in [1.54, 1.807) is 0 Å². The van der Waals surface area contributed by atoms with Crippen molar-refractivity contribution in [3.63, 3.8) is 0 Å². The van der Waals surface area contributed by atoms with Gasteiger partial charge in [-0.05, 0) is 102 Å². The van der Waals surface area contributed by atoms with Crippen LogP contribution in [0.15, 0.2) is 115 Å². The number of carbonyl (C=O) groups is 4. The van der Waals surface area contributed by atoms with Gasteiger partial charge in [0.1, 0.15) is 9.81 Å². The fourth-order valence-electron chi connectivity index (χ4n) is 6.58. The van der Waals surface area contributed by atoms with Crippen LogP contribution < -0.4 is 21.5 Å². The van der Waals surface area contributed by atoms with E-state index in [-0.39, 0.29) is 42.6 Å². The number of halogens is 4. The molecule has 2 amide bonds. The van der Waals surface area contributed by atoms with Crippen molar-refractivity contribution < 1.29 is 71.1 Å². The van der Waals surface area contributed by atoms with Gasteiger partial charge in [-0.25, -0.2) is 0 Å². The van der Waals surface area contributed by atoms with Gasteiger partial charge in [0.25, 0.3) is 52.3 Å². The van der Waals surface area contributed by atoms with Gasteiger partial charge in [-0.2, -0.15) is 43.9 Å². The molecular weight excluding hydrogens is 1090 g/mol. The van der Waals surface area contributed by atoms with Crippen molar-refractivity contribution in [3.8, 4) is 0 Å². The van der Waals surface area contributed by atoms with E-state index < -0.39 is 129 Å². The van der Waals surface area contributed by atoms with E-state index in [9.17, 15) is 71.1 Å². The average Bonchev–Trinajstić information content (AvgIpc) is 3.25. The smallest absolute Gasteiger partial charge is 0.296 e. The highest BCUT2D eigenvalue weighted by Gasteiger charge is 2.38. The number of nitrogens with one attached hydrogen (secondary N) is 4. The Hall–Kier alpha value is -6.40. The summed E-state index contributed by atoms with van der Waals surface area (Å²) in [5, 5.41) is 12.0. The fourth-order valence-corrected chi connectivity index (χ4v) is 9.86. The molecular formula is C40H24Cl4N6O16S4. The maximum Gasteiger partial charge on any atom is 0.296 e. The lowest BCUT2D eigenvalue weighted by atomic mass is 9.92. The molecule has 0 aromatic heterocycles. The van der Waals surface area contributed by atoms with Crippen LogP contribution in [0, 0.1) is 0 Å². The van der Waals surface area contributed by atoms with Crippen LogP contribution >= 0.6 is 46.4 Å². The minimum Gasteiger partial charge on any atom is -0.321 e. The highest BCUT2D eigenvalue weighted by molar-refractivity contribution is 7.91. The van der Waals surface area contributed by atoms with E-state index in [0.29, 0.717) is 36.4 Å². The second-order valence-electron chi connectivity index (χ2n) is 14.3. The number of hydrogen-bond donors (Lipinski definition) is 8. The molecule has 2 aliphatic rings. The van der Waals surface area contributed by atoms with Gasteiger partial charge in [0, 0.05) is 5.02 Å². The van der Waals surface area contributed by atoms with Crippen LogP contribution in [0.3, 0.4) is 0 Å². The summed E-state index contributed by atoms with van der Waals surface area (Å²) in [4.78, 5) is 50.6. The number of fused-ring (bicyclic) bond motifs is 2. The van der Waals surface area contributed by atoms with Crippen LogP contribution in [0.25, 0.3) is 12.2 Å². The van der Waals surface area contributed by atoms with Gasteiger partial charge in [-0.3, -0.25) is 48.2 Å². The Labute approximate surface area is 414 Å². The molecule has 7 rings (SSSR count). The van der Waals surface area contributed by atoms with E-state index in [0.717, 1.165) is 0 Å². The molecule has 5 aromatic rings. The molecule has 0 spiro atoms. The lowest BCUT2D eigenvalue weighted by molar-refractivity contribution is 0.101. The van der Waals surface area contributed by atoms with E-state index >= 15 is 0 Å². The summed E-state index contributed by atoms with van der Waals surface area (Å²) in [5.74, 6) is -4.62. The molecule has 0 atom stereocenters. The fraction of sp³-hybridized carbons (Fsp3) is 0. The molecule has 22 nitrogen and oxygen atoms in total. The van der Waals surface area contributed by atoms with Crippen molar-refractivity contribution in [1.29, 1.82) is 0 Å². The van der Waals surface area contributed by atoms with Crippen LogP contribution in [0.5, 0.6) is 0 Å². The zero-order valence-corrected chi connectivity index (χ0v) is 40.3. The monoisotopic (exact) mass is 1110 g/mol. The van der Waals surface area contributed by atoms with Crippen LogP contribution in [-0.4, -0.2) is 86.7 Å². The first-order chi connectivity index (χ1) is 32.5. The SMILES string of the molecule is O=C(Nc1cc(S(=O)(=O)O)cc2c1C(=O)/C(=N\Nc1ccc(N/N=C3\C(=O)c4c(cc(S(=O)(=O)O)cc4NC(=O)c4cccc(Cl)c4Cl)C=C3S(=O)(=O)O)cc1)C(S(=O)(=O)O)=C2)c1ccc(Cl)cc1Cl. The number of rotatable bonds is 12. The Morgan fingerprint density at radius 1 is 0.500 bits per heavy atom. The summed E-state index contributed by atoms with van der Waals surface area (Å²) in [6, 6.07) is 15.3. The summed E-state index contributed by atoms with van der Waals surface area (Å²) < 4.78 is 139. The number of benzene rings is 5. The Balaban J connectivity index is 1.20. The van der Waals surface area contributed by atoms with Crippen molar-refractivity contribution in [2.24, 2.45) is 10.2 Å². The van der Waals surface area contributed by atoms with Gasteiger partial charge in [-0.15, -0.1) is 0 Å². The third kappa shape index (κ3) is 10.8. The first-order valence-electron chi connectivity index (χ1n) is 18.6. The molecule has 0 saturated heterocycles. The maximum atomic E-state index is 14.0. The second kappa shape index (κ2) is 19.1. The standard InChI is InChI=1S/C40H24Cl4N6O16S4/c41-19-4-9-24(27(43)14-19)39(53)45-28-15-22(67(55,56)57)10-17-12-30(69(61,62)63)35(37(51)32(17)28)49-47-20-5-7-21(8-6-20)48-50-36-31(70(64,65)66)13-18-11-23(68(58,59)60)16-29(33(18)38(36)52)46-40(54)25-2-1-3-26(42)34(25)44/h1-16,47-48H,(H,45,53)(H,46,54)(H,55,56,57)(H,58,59,60)(H,61,62,63)(H,64,65,66)/b49-35-,50-36-. The molecule has 5 aromatic carbocycles. The van der Waals surface area contributed by atoms with E-state index in [4.69, 9.17) is 46.4 Å². The Bertz CT molecular complexity index is 3790. The zero-order valence-electron chi connectivity index (χ0n) is 34.0. The normalized spacial score (nSPS) is 15.1. The van der Waals surface area contributed by atoms with Crippen LogP contribution in [0.4, 0.5) is 22.7 Å².